The zero-order chi connectivity index (χ0) is 21.5. The van der Waals surface area contributed by atoms with Crippen LogP contribution in [0.15, 0.2) is 119 Å². The van der Waals surface area contributed by atoms with E-state index in [4.69, 9.17) is 4.74 Å². The van der Waals surface area contributed by atoms with Gasteiger partial charge in [-0.3, -0.25) is 0 Å². The third-order valence-corrected chi connectivity index (χ3v) is 6.80. The van der Waals surface area contributed by atoms with E-state index in [0.29, 0.717) is 0 Å². The van der Waals surface area contributed by atoms with E-state index in [9.17, 15) is 0 Å². The quantitative estimate of drug-likeness (QED) is 0.256. The van der Waals surface area contributed by atoms with Gasteiger partial charge in [0, 0.05) is 9.79 Å². The third-order valence-electron chi connectivity index (χ3n) is 5.31. The summed E-state index contributed by atoms with van der Waals surface area (Å²) in [6.07, 6.45) is 3.87. The van der Waals surface area contributed by atoms with Crippen molar-refractivity contribution in [2.24, 2.45) is 0 Å². The molecule has 0 aliphatic rings. The van der Waals surface area contributed by atoms with Crippen molar-refractivity contribution in [2.75, 3.05) is 12.5 Å². The summed E-state index contributed by atoms with van der Waals surface area (Å²) in [7, 11) is 0. The lowest BCUT2D eigenvalue weighted by Crippen LogP contribution is -2.13. The predicted molar refractivity (Wildman–Crippen MR) is 134 cm³/mol. The maximum absolute atomic E-state index is 6.93. The average Bonchev–Trinajstić information content (AvgIpc) is 2.86. The first-order chi connectivity index (χ1) is 15.3. The molecule has 2 unspecified atom stereocenters. The second-order valence-corrected chi connectivity index (χ2v) is 9.02. The van der Waals surface area contributed by atoms with E-state index in [1.807, 2.05) is 12.1 Å². The Hall–Kier alpha value is -2.46. The van der Waals surface area contributed by atoms with E-state index in [2.05, 4.69) is 110 Å². The molecule has 0 fully saturated rings. The first kappa shape index (κ1) is 21.8. The van der Waals surface area contributed by atoms with Crippen molar-refractivity contribution in [3.8, 4) is 0 Å². The molecule has 3 heteroatoms. The molecule has 0 spiro atoms. The first-order valence-electron chi connectivity index (χ1n) is 10.3. The molecule has 0 radical (unpaired) electrons. The van der Waals surface area contributed by atoms with Crippen molar-refractivity contribution >= 4 is 23.5 Å². The van der Waals surface area contributed by atoms with Crippen LogP contribution < -0.4 is 0 Å². The average molecular weight is 443 g/mol. The van der Waals surface area contributed by atoms with Gasteiger partial charge in [0.05, 0.1) is 0 Å². The van der Waals surface area contributed by atoms with Crippen molar-refractivity contribution in [1.29, 1.82) is 0 Å². The van der Waals surface area contributed by atoms with Gasteiger partial charge in [0.25, 0.3) is 0 Å². The molecule has 156 valence electrons. The summed E-state index contributed by atoms with van der Waals surface area (Å²) in [4.78, 5) is 2.51. The topological polar surface area (TPSA) is 9.23 Å². The summed E-state index contributed by atoms with van der Waals surface area (Å²) in [5.74, 6) is 0. The van der Waals surface area contributed by atoms with Crippen LogP contribution in [-0.2, 0) is 4.74 Å². The molecule has 0 amide bonds. The molecule has 31 heavy (non-hydrogen) atoms. The molecule has 0 aliphatic heterocycles. The predicted octanol–water partition coefficient (Wildman–Crippen LogP) is 8.03. The summed E-state index contributed by atoms with van der Waals surface area (Å²) < 4.78 is 6.93. The molecule has 0 aromatic heterocycles. The Kier molecular flexibility index (Phi) is 7.52. The van der Waals surface area contributed by atoms with Gasteiger partial charge < -0.3 is 4.74 Å². The van der Waals surface area contributed by atoms with Crippen LogP contribution >= 0.6 is 23.5 Å². The van der Waals surface area contributed by atoms with Crippen LogP contribution in [0, 0.1) is 0 Å². The van der Waals surface area contributed by atoms with Gasteiger partial charge in [0.1, 0.15) is 12.2 Å². The number of rotatable bonds is 8. The summed E-state index contributed by atoms with van der Waals surface area (Å²) in [6.45, 7) is 0. The number of thioether (sulfide) groups is 2. The SMILES string of the molecule is CSc1ccc(C(OC(c2ccccc2)c2ccc(SC)cc2)c2ccccc2)cc1. The van der Waals surface area contributed by atoms with E-state index in [1.54, 1.807) is 23.5 Å². The number of hydrogen-bond donors (Lipinski definition) is 0. The highest BCUT2D eigenvalue weighted by molar-refractivity contribution is 7.98. The number of hydrogen-bond acceptors (Lipinski definition) is 3. The van der Waals surface area contributed by atoms with Gasteiger partial charge in [0.15, 0.2) is 0 Å². The van der Waals surface area contributed by atoms with Crippen LogP contribution in [0.4, 0.5) is 0 Å². The van der Waals surface area contributed by atoms with Crippen LogP contribution in [0.5, 0.6) is 0 Å². The van der Waals surface area contributed by atoms with E-state index >= 15 is 0 Å². The highest BCUT2D eigenvalue weighted by Crippen LogP contribution is 2.36. The molecule has 0 aliphatic carbocycles. The Morgan fingerprint density at radius 2 is 0.774 bits per heavy atom. The fourth-order valence-corrected chi connectivity index (χ4v) is 4.46. The van der Waals surface area contributed by atoms with E-state index < -0.39 is 0 Å². The number of benzene rings is 4. The summed E-state index contributed by atoms with van der Waals surface area (Å²) in [5, 5.41) is 0. The highest BCUT2D eigenvalue weighted by atomic mass is 32.2. The molecule has 4 aromatic rings. The Balaban J connectivity index is 1.76. The van der Waals surface area contributed by atoms with Gasteiger partial charge in [-0.1, -0.05) is 84.9 Å². The van der Waals surface area contributed by atoms with Gasteiger partial charge in [-0.15, -0.1) is 23.5 Å². The lowest BCUT2D eigenvalue weighted by atomic mass is 9.98. The van der Waals surface area contributed by atoms with E-state index in [1.165, 1.54) is 9.79 Å². The fraction of sp³-hybridized carbons (Fsp3) is 0.143. The standard InChI is InChI=1S/C28H26OS2/c1-30-25-17-13-23(14-18-25)27(21-9-5-3-6-10-21)29-28(22-11-7-4-8-12-22)24-15-19-26(31-2)20-16-24/h3-20,27-28H,1-2H3. The molecule has 0 saturated heterocycles. The molecular formula is C28H26OS2. The van der Waals surface area contributed by atoms with Gasteiger partial charge in [-0.25, -0.2) is 0 Å². The third kappa shape index (κ3) is 5.43. The fourth-order valence-electron chi connectivity index (χ4n) is 3.65. The Morgan fingerprint density at radius 1 is 0.452 bits per heavy atom. The second-order valence-electron chi connectivity index (χ2n) is 7.26. The zero-order valence-electron chi connectivity index (χ0n) is 17.8. The van der Waals surface area contributed by atoms with Crippen molar-refractivity contribution < 1.29 is 4.74 Å². The lowest BCUT2D eigenvalue weighted by Gasteiger charge is -2.27. The summed E-state index contributed by atoms with van der Waals surface area (Å²) in [5.41, 5.74) is 4.62. The highest BCUT2D eigenvalue weighted by Gasteiger charge is 2.23. The monoisotopic (exact) mass is 442 g/mol. The molecule has 0 saturated carbocycles. The minimum absolute atomic E-state index is 0.164. The Labute approximate surface area is 193 Å². The van der Waals surface area contributed by atoms with Crippen molar-refractivity contribution in [3.63, 3.8) is 0 Å². The normalized spacial score (nSPS) is 13.0. The molecule has 1 nitrogen and oxygen atoms in total. The van der Waals surface area contributed by atoms with Crippen molar-refractivity contribution in [1.82, 2.24) is 0 Å². The van der Waals surface area contributed by atoms with Crippen molar-refractivity contribution in [3.05, 3.63) is 131 Å². The van der Waals surface area contributed by atoms with Crippen LogP contribution in [0.25, 0.3) is 0 Å². The maximum Gasteiger partial charge on any atom is 0.109 e. The molecule has 2 atom stereocenters. The van der Waals surface area contributed by atoms with Crippen molar-refractivity contribution in [2.45, 2.75) is 22.0 Å². The second kappa shape index (κ2) is 10.7. The first-order valence-corrected chi connectivity index (χ1v) is 12.8. The zero-order valence-corrected chi connectivity index (χ0v) is 19.4. The molecule has 0 bridgehead atoms. The maximum atomic E-state index is 6.93. The minimum Gasteiger partial charge on any atom is -0.356 e. The Morgan fingerprint density at radius 3 is 1.10 bits per heavy atom. The largest absolute Gasteiger partial charge is 0.356 e. The van der Waals surface area contributed by atoms with E-state index in [0.717, 1.165) is 22.3 Å². The minimum atomic E-state index is -0.164. The van der Waals surface area contributed by atoms with Crippen LogP contribution in [0.2, 0.25) is 0 Å². The molecular weight excluding hydrogens is 416 g/mol. The van der Waals surface area contributed by atoms with E-state index in [-0.39, 0.29) is 12.2 Å². The van der Waals surface area contributed by atoms with Crippen LogP contribution in [0.3, 0.4) is 0 Å². The molecule has 4 rings (SSSR count). The Bertz CT molecular complexity index is 973. The van der Waals surface area contributed by atoms with Gasteiger partial charge in [-0.05, 0) is 59.0 Å². The number of ether oxygens (including phenoxy) is 1. The molecule has 0 heterocycles. The smallest absolute Gasteiger partial charge is 0.109 e. The summed E-state index contributed by atoms with van der Waals surface area (Å²) in [6, 6.07) is 38.4. The summed E-state index contributed by atoms with van der Waals surface area (Å²) >= 11 is 3.51. The van der Waals surface area contributed by atoms with Crippen LogP contribution in [0.1, 0.15) is 34.5 Å². The lowest BCUT2D eigenvalue weighted by molar-refractivity contribution is 0.0308. The van der Waals surface area contributed by atoms with Gasteiger partial charge in [-0.2, -0.15) is 0 Å². The van der Waals surface area contributed by atoms with Gasteiger partial charge in [0.2, 0.25) is 0 Å². The van der Waals surface area contributed by atoms with Gasteiger partial charge >= 0.3 is 0 Å². The molecule has 0 N–H and O–H groups in total. The van der Waals surface area contributed by atoms with Crippen LogP contribution in [-0.4, -0.2) is 12.5 Å². The molecule has 4 aromatic carbocycles.